The van der Waals surface area contributed by atoms with Crippen LogP contribution in [0.25, 0.3) is 0 Å². The topological polar surface area (TPSA) is 54.3 Å². The van der Waals surface area contributed by atoms with Gasteiger partial charge in [0.25, 0.3) is 5.56 Å². The molecule has 1 aromatic heterocycles. The molecule has 0 aromatic carbocycles. The van der Waals surface area contributed by atoms with Gasteiger partial charge in [-0.05, 0) is 6.07 Å². The molecule has 1 N–H and O–H groups in total. The summed E-state index contributed by atoms with van der Waals surface area (Å²) in [6.07, 6.45) is -4.01. The standard InChI is InChI=1S/C12H13ClF3N3O2/c13-9-5-8(12(14,15)16)6-19(11(9)21)7-10(20)18-3-1-17-2-4-18/h5-6,17H,1-4,7H2. The SMILES string of the molecule is O=C(Cn1cc(C(F)(F)F)cc(Cl)c1=O)N1CCNCC1. The van der Waals surface area contributed by atoms with Crippen LogP contribution in [0, 0.1) is 0 Å². The minimum atomic E-state index is -4.63. The third kappa shape index (κ3) is 3.76. The third-order valence-corrected chi connectivity index (χ3v) is 3.42. The first kappa shape index (κ1) is 15.8. The van der Waals surface area contributed by atoms with Crippen molar-refractivity contribution in [2.45, 2.75) is 12.7 Å². The van der Waals surface area contributed by atoms with E-state index >= 15 is 0 Å². The van der Waals surface area contributed by atoms with E-state index in [1.165, 1.54) is 4.90 Å². The summed E-state index contributed by atoms with van der Waals surface area (Å²) < 4.78 is 38.8. The lowest BCUT2D eigenvalue weighted by atomic mass is 10.2. The molecule has 0 unspecified atom stereocenters. The van der Waals surface area contributed by atoms with Crippen LogP contribution in [-0.2, 0) is 17.5 Å². The average molecular weight is 324 g/mol. The molecule has 1 amide bonds. The van der Waals surface area contributed by atoms with E-state index < -0.39 is 34.8 Å². The number of hydrogen-bond acceptors (Lipinski definition) is 3. The van der Waals surface area contributed by atoms with Gasteiger partial charge in [0.05, 0.1) is 5.56 Å². The highest BCUT2D eigenvalue weighted by Gasteiger charge is 2.32. The predicted octanol–water partition coefficient (Wildman–Crippen LogP) is 0.952. The average Bonchev–Trinajstić information content (AvgIpc) is 2.43. The minimum absolute atomic E-state index is 0.408. The number of rotatable bonds is 2. The number of alkyl halides is 3. The fraction of sp³-hybridized carbons (Fsp3) is 0.500. The molecule has 0 saturated carbocycles. The van der Waals surface area contributed by atoms with Crippen molar-refractivity contribution < 1.29 is 18.0 Å². The van der Waals surface area contributed by atoms with Crippen molar-refractivity contribution in [1.29, 1.82) is 0 Å². The molecule has 1 aliphatic heterocycles. The van der Waals surface area contributed by atoms with E-state index in [0.29, 0.717) is 43.0 Å². The molecule has 5 nitrogen and oxygen atoms in total. The number of halogens is 4. The summed E-state index contributed by atoms with van der Waals surface area (Å²) in [5.74, 6) is -0.408. The van der Waals surface area contributed by atoms with Crippen molar-refractivity contribution in [2.75, 3.05) is 26.2 Å². The highest BCUT2D eigenvalue weighted by molar-refractivity contribution is 6.30. The maximum absolute atomic E-state index is 12.7. The van der Waals surface area contributed by atoms with Crippen LogP contribution in [0.1, 0.15) is 5.56 Å². The normalized spacial score (nSPS) is 16.1. The summed E-state index contributed by atoms with van der Waals surface area (Å²) in [6, 6.07) is 0.565. The van der Waals surface area contributed by atoms with Gasteiger partial charge in [-0.15, -0.1) is 0 Å². The minimum Gasteiger partial charge on any atom is -0.339 e. The Morgan fingerprint density at radius 2 is 1.95 bits per heavy atom. The van der Waals surface area contributed by atoms with Gasteiger partial charge in [0.2, 0.25) is 5.91 Å². The number of piperazine rings is 1. The van der Waals surface area contributed by atoms with Gasteiger partial charge in [0.15, 0.2) is 0 Å². The Labute approximate surface area is 123 Å². The van der Waals surface area contributed by atoms with Crippen LogP contribution >= 0.6 is 11.6 Å². The van der Waals surface area contributed by atoms with E-state index in [4.69, 9.17) is 11.6 Å². The van der Waals surface area contributed by atoms with Gasteiger partial charge in [0, 0.05) is 32.4 Å². The van der Waals surface area contributed by atoms with Gasteiger partial charge in [0.1, 0.15) is 11.6 Å². The molecule has 1 saturated heterocycles. The zero-order valence-electron chi connectivity index (χ0n) is 10.9. The van der Waals surface area contributed by atoms with Gasteiger partial charge >= 0.3 is 6.18 Å². The van der Waals surface area contributed by atoms with Crippen LogP contribution in [0.2, 0.25) is 5.02 Å². The third-order valence-electron chi connectivity index (χ3n) is 3.14. The summed E-state index contributed by atoms with van der Waals surface area (Å²) in [4.78, 5) is 25.2. The molecule has 0 spiro atoms. The maximum atomic E-state index is 12.7. The van der Waals surface area contributed by atoms with Crippen LogP contribution in [-0.4, -0.2) is 41.6 Å². The Morgan fingerprint density at radius 3 is 2.52 bits per heavy atom. The largest absolute Gasteiger partial charge is 0.417 e. The first-order chi connectivity index (χ1) is 9.79. The van der Waals surface area contributed by atoms with Crippen LogP contribution in [0.15, 0.2) is 17.1 Å². The Kier molecular flexibility index (Phi) is 4.58. The first-order valence-corrected chi connectivity index (χ1v) is 6.62. The molecule has 1 aromatic rings. The second-order valence-electron chi connectivity index (χ2n) is 4.64. The highest BCUT2D eigenvalue weighted by Crippen LogP contribution is 2.29. The molecule has 0 atom stereocenters. The quantitative estimate of drug-likeness (QED) is 0.882. The molecule has 1 aliphatic rings. The fourth-order valence-corrected chi connectivity index (χ4v) is 2.26. The van der Waals surface area contributed by atoms with Crippen molar-refractivity contribution in [3.63, 3.8) is 0 Å². The molecule has 9 heteroatoms. The van der Waals surface area contributed by atoms with Crippen LogP contribution in [0.5, 0.6) is 0 Å². The van der Waals surface area contributed by atoms with Crippen molar-refractivity contribution in [1.82, 2.24) is 14.8 Å². The number of hydrogen-bond donors (Lipinski definition) is 1. The number of nitrogens with one attached hydrogen (secondary N) is 1. The molecule has 21 heavy (non-hydrogen) atoms. The molecule has 0 radical (unpaired) electrons. The molecule has 0 bridgehead atoms. The molecule has 2 heterocycles. The number of carbonyl (C=O) groups is 1. The van der Waals surface area contributed by atoms with E-state index in [1.54, 1.807) is 0 Å². The maximum Gasteiger partial charge on any atom is 0.417 e. The second-order valence-corrected chi connectivity index (χ2v) is 5.05. The smallest absolute Gasteiger partial charge is 0.339 e. The van der Waals surface area contributed by atoms with Gasteiger partial charge in [-0.3, -0.25) is 9.59 Å². The van der Waals surface area contributed by atoms with E-state index in [1.807, 2.05) is 0 Å². The van der Waals surface area contributed by atoms with Gasteiger partial charge in [-0.1, -0.05) is 11.6 Å². The monoisotopic (exact) mass is 323 g/mol. The van der Waals surface area contributed by atoms with E-state index in [0.717, 1.165) is 0 Å². The summed E-state index contributed by atoms with van der Waals surface area (Å²) in [5, 5.41) is 2.49. The molecule has 1 fully saturated rings. The fourth-order valence-electron chi connectivity index (χ4n) is 2.03. The molecular formula is C12H13ClF3N3O2. The van der Waals surface area contributed by atoms with Crippen LogP contribution in [0.3, 0.4) is 0 Å². The van der Waals surface area contributed by atoms with Gasteiger partial charge in [-0.2, -0.15) is 13.2 Å². The van der Waals surface area contributed by atoms with Crippen LogP contribution < -0.4 is 10.9 Å². The lowest BCUT2D eigenvalue weighted by molar-refractivity contribution is -0.138. The van der Waals surface area contributed by atoms with E-state index in [9.17, 15) is 22.8 Å². The number of nitrogens with zero attached hydrogens (tertiary/aromatic N) is 2. The Hall–Kier alpha value is -1.54. The van der Waals surface area contributed by atoms with Crippen LogP contribution in [0.4, 0.5) is 13.2 Å². The van der Waals surface area contributed by atoms with Crippen molar-refractivity contribution >= 4 is 17.5 Å². The predicted molar refractivity (Wildman–Crippen MR) is 70.2 cm³/mol. The molecule has 116 valence electrons. The summed E-state index contributed by atoms with van der Waals surface area (Å²) in [5.41, 5.74) is -1.87. The Bertz CT molecular complexity index is 594. The number of carbonyl (C=O) groups excluding carboxylic acids is 1. The zero-order chi connectivity index (χ0) is 15.6. The van der Waals surface area contributed by atoms with Gasteiger partial charge in [-0.25, -0.2) is 0 Å². The first-order valence-electron chi connectivity index (χ1n) is 6.24. The number of pyridine rings is 1. The van der Waals surface area contributed by atoms with E-state index in [-0.39, 0.29) is 0 Å². The van der Waals surface area contributed by atoms with Gasteiger partial charge < -0.3 is 14.8 Å². The molecule has 2 rings (SSSR count). The molecule has 0 aliphatic carbocycles. The lowest BCUT2D eigenvalue weighted by Gasteiger charge is -2.27. The summed E-state index contributed by atoms with van der Waals surface area (Å²) in [7, 11) is 0. The van der Waals surface area contributed by atoms with Crippen molar-refractivity contribution in [2.24, 2.45) is 0 Å². The van der Waals surface area contributed by atoms with Crippen molar-refractivity contribution in [3.05, 3.63) is 33.2 Å². The number of aromatic nitrogens is 1. The second kappa shape index (κ2) is 6.07. The highest BCUT2D eigenvalue weighted by atomic mass is 35.5. The number of amides is 1. The summed E-state index contributed by atoms with van der Waals surface area (Å²) in [6.45, 7) is 1.69. The molecular weight excluding hydrogens is 311 g/mol. The lowest BCUT2D eigenvalue weighted by Crippen LogP contribution is -2.48. The summed E-state index contributed by atoms with van der Waals surface area (Å²) >= 11 is 5.53. The van der Waals surface area contributed by atoms with Crippen molar-refractivity contribution in [3.8, 4) is 0 Å². The zero-order valence-corrected chi connectivity index (χ0v) is 11.7. The Morgan fingerprint density at radius 1 is 1.33 bits per heavy atom. The van der Waals surface area contributed by atoms with E-state index in [2.05, 4.69) is 5.32 Å². The Balaban J connectivity index is 2.24.